The molecule has 1 heterocycles. The number of hydrogen-bond acceptors (Lipinski definition) is 2. The predicted octanol–water partition coefficient (Wildman–Crippen LogP) is 3.12. The second-order valence-corrected chi connectivity index (χ2v) is 5.18. The fourth-order valence-electron chi connectivity index (χ4n) is 1.90. The van der Waals surface area contributed by atoms with Crippen molar-refractivity contribution in [3.05, 3.63) is 64.9 Å². The Morgan fingerprint density at radius 3 is 2.67 bits per heavy atom. The number of amides is 2. The lowest BCUT2D eigenvalue weighted by Gasteiger charge is -2.18. The van der Waals surface area contributed by atoms with Crippen molar-refractivity contribution in [2.45, 2.75) is 13.0 Å². The molecule has 0 bridgehead atoms. The van der Waals surface area contributed by atoms with Gasteiger partial charge >= 0.3 is 6.03 Å². The fraction of sp³-hybridized carbons (Fsp3) is 0.250. The highest BCUT2D eigenvalue weighted by Gasteiger charge is 2.08. The van der Waals surface area contributed by atoms with Crippen molar-refractivity contribution >= 4 is 17.6 Å². The molecule has 0 aliphatic carbocycles. The SMILES string of the molecule is CN(CCc1ccncc1)C(=O)NCc1ccccc1Cl. The van der Waals surface area contributed by atoms with Crippen LogP contribution in [0, 0.1) is 0 Å². The smallest absolute Gasteiger partial charge is 0.317 e. The topological polar surface area (TPSA) is 45.2 Å². The number of benzene rings is 1. The number of pyridine rings is 1. The van der Waals surface area contributed by atoms with Crippen molar-refractivity contribution in [1.82, 2.24) is 15.2 Å². The molecular formula is C16H18ClN3O. The van der Waals surface area contributed by atoms with Gasteiger partial charge in [0.1, 0.15) is 0 Å². The van der Waals surface area contributed by atoms with Crippen LogP contribution in [0.1, 0.15) is 11.1 Å². The van der Waals surface area contributed by atoms with Crippen LogP contribution in [-0.4, -0.2) is 29.5 Å². The summed E-state index contributed by atoms with van der Waals surface area (Å²) in [7, 11) is 1.78. The quantitative estimate of drug-likeness (QED) is 0.922. The van der Waals surface area contributed by atoms with E-state index in [1.54, 1.807) is 24.3 Å². The molecule has 5 heteroatoms. The van der Waals surface area contributed by atoms with Crippen LogP contribution in [0.2, 0.25) is 5.02 Å². The Morgan fingerprint density at radius 1 is 1.24 bits per heavy atom. The summed E-state index contributed by atoms with van der Waals surface area (Å²) in [5.74, 6) is 0. The van der Waals surface area contributed by atoms with Crippen molar-refractivity contribution in [1.29, 1.82) is 0 Å². The molecule has 2 aromatic rings. The standard InChI is InChI=1S/C16H18ClN3O/c1-20(11-8-13-6-9-18-10-7-13)16(21)19-12-14-4-2-3-5-15(14)17/h2-7,9-10H,8,11-12H2,1H3,(H,19,21). The van der Waals surface area contributed by atoms with Crippen molar-refractivity contribution in [2.75, 3.05) is 13.6 Å². The highest BCUT2D eigenvalue weighted by Crippen LogP contribution is 2.14. The number of halogens is 1. The highest BCUT2D eigenvalue weighted by molar-refractivity contribution is 6.31. The molecule has 0 saturated carbocycles. The zero-order valence-electron chi connectivity index (χ0n) is 11.9. The van der Waals surface area contributed by atoms with Gasteiger partial charge in [0.15, 0.2) is 0 Å². The van der Waals surface area contributed by atoms with E-state index in [0.29, 0.717) is 18.1 Å². The second-order valence-electron chi connectivity index (χ2n) is 4.78. The minimum atomic E-state index is -0.107. The molecule has 0 atom stereocenters. The van der Waals surface area contributed by atoms with E-state index in [4.69, 9.17) is 11.6 Å². The molecule has 4 nitrogen and oxygen atoms in total. The number of likely N-dealkylation sites (N-methyl/N-ethyl adjacent to an activating group) is 1. The minimum Gasteiger partial charge on any atom is -0.334 e. The van der Waals surface area contributed by atoms with E-state index >= 15 is 0 Å². The van der Waals surface area contributed by atoms with Crippen LogP contribution in [0.4, 0.5) is 4.79 Å². The summed E-state index contributed by atoms with van der Waals surface area (Å²) in [4.78, 5) is 17.6. The Kier molecular flexibility index (Phi) is 5.58. The maximum absolute atomic E-state index is 12.0. The van der Waals surface area contributed by atoms with Crippen LogP contribution >= 0.6 is 11.6 Å². The second kappa shape index (κ2) is 7.64. The molecule has 1 aromatic carbocycles. The van der Waals surface area contributed by atoms with Gasteiger partial charge in [-0.1, -0.05) is 29.8 Å². The van der Waals surface area contributed by atoms with Crippen molar-refractivity contribution in [2.24, 2.45) is 0 Å². The van der Waals surface area contributed by atoms with E-state index in [1.165, 1.54) is 0 Å². The summed E-state index contributed by atoms with van der Waals surface area (Å²) < 4.78 is 0. The largest absolute Gasteiger partial charge is 0.334 e. The van der Waals surface area contributed by atoms with E-state index in [0.717, 1.165) is 17.5 Å². The average molecular weight is 304 g/mol. The molecule has 0 fully saturated rings. The lowest BCUT2D eigenvalue weighted by molar-refractivity contribution is 0.209. The molecule has 1 N–H and O–H groups in total. The molecule has 1 aromatic heterocycles. The van der Waals surface area contributed by atoms with Crippen LogP contribution in [0.15, 0.2) is 48.8 Å². The van der Waals surface area contributed by atoms with Gasteiger partial charge in [-0.2, -0.15) is 0 Å². The Balaban J connectivity index is 1.79. The highest BCUT2D eigenvalue weighted by atomic mass is 35.5. The Hall–Kier alpha value is -2.07. The summed E-state index contributed by atoms with van der Waals surface area (Å²) in [5.41, 5.74) is 2.07. The van der Waals surface area contributed by atoms with E-state index in [2.05, 4.69) is 10.3 Å². The number of carbonyl (C=O) groups is 1. The van der Waals surface area contributed by atoms with E-state index in [1.807, 2.05) is 36.4 Å². The molecule has 0 radical (unpaired) electrons. The van der Waals surface area contributed by atoms with Gasteiger partial charge in [0.05, 0.1) is 0 Å². The summed E-state index contributed by atoms with van der Waals surface area (Å²) in [6.45, 7) is 1.08. The van der Waals surface area contributed by atoms with Crippen LogP contribution in [0.5, 0.6) is 0 Å². The normalized spacial score (nSPS) is 10.2. The van der Waals surface area contributed by atoms with Gasteiger partial charge in [0, 0.05) is 37.6 Å². The number of urea groups is 1. The van der Waals surface area contributed by atoms with Gasteiger partial charge in [-0.3, -0.25) is 4.98 Å². The van der Waals surface area contributed by atoms with Crippen LogP contribution < -0.4 is 5.32 Å². The maximum atomic E-state index is 12.0. The third-order valence-electron chi connectivity index (χ3n) is 3.22. The number of rotatable bonds is 5. The molecule has 2 rings (SSSR count). The first kappa shape index (κ1) is 15.3. The number of hydrogen-bond donors (Lipinski definition) is 1. The van der Waals surface area contributed by atoms with Crippen molar-refractivity contribution < 1.29 is 4.79 Å². The Labute approximate surface area is 129 Å². The first-order valence-corrected chi connectivity index (χ1v) is 7.16. The third kappa shape index (κ3) is 4.76. The summed E-state index contributed by atoms with van der Waals surface area (Å²) in [6.07, 6.45) is 4.32. The van der Waals surface area contributed by atoms with Gasteiger partial charge in [-0.05, 0) is 35.7 Å². The zero-order valence-corrected chi connectivity index (χ0v) is 12.7. The summed E-state index contributed by atoms with van der Waals surface area (Å²) in [5, 5.41) is 3.53. The molecule has 0 aliphatic heterocycles. The Bertz CT molecular complexity index is 589. The molecule has 0 unspecified atom stereocenters. The predicted molar refractivity (Wildman–Crippen MR) is 84.3 cm³/mol. The molecule has 110 valence electrons. The van der Waals surface area contributed by atoms with Crippen LogP contribution in [-0.2, 0) is 13.0 Å². The minimum absolute atomic E-state index is 0.107. The lowest BCUT2D eigenvalue weighted by atomic mass is 10.2. The molecule has 2 amide bonds. The van der Waals surface area contributed by atoms with Gasteiger partial charge in [-0.15, -0.1) is 0 Å². The first-order chi connectivity index (χ1) is 10.2. The zero-order chi connectivity index (χ0) is 15.1. The van der Waals surface area contributed by atoms with E-state index < -0.39 is 0 Å². The van der Waals surface area contributed by atoms with E-state index in [-0.39, 0.29) is 6.03 Å². The maximum Gasteiger partial charge on any atom is 0.317 e. The molecule has 0 aliphatic rings. The number of carbonyl (C=O) groups excluding carboxylic acids is 1. The fourth-order valence-corrected chi connectivity index (χ4v) is 2.10. The van der Waals surface area contributed by atoms with Gasteiger partial charge in [-0.25, -0.2) is 4.79 Å². The van der Waals surface area contributed by atoms with Crippen molar-refractivity contribution in [3.8, 4) is 0 Å². The van der Waals surface area contributed by atoms with Crippen LogP contribution in [0.3, 0.4) is 0 Å². The number of nitrogens with one attached hydrogen (secondary N) is 1. The van der Waals surface area contributed by atoms with Gasteiger partial charge in [0.2, 0.25) is 0 Å². The number of nitrogens with zero attached hydrogens (tertiary/aromatic N) is 2. The first-order valence-electron chi connectivity index (χ1n) is 6.78. The summed E-state index contributed by atoms with van der Waals surface area (Å²) in [6, 6.07) is 11.3. The van der Waals surface area contributed by atoms with E-state index in [9.17, 15) is 4.79 Å². The van der Waals surface area contributed by atoms with Gasteiger partial charge < -0.3 is 10.2 Å². The van der Waals surface area contributed by atoms with Gasteiger partial charge in [0.25, 0.3) is 0 Å². The van der Waals surface area contributed by atoms with Crippen molar-refractivity contribution in [3.63, 3.8) is 0 Å². The molecule has 21 heavy (non-hydrogen) atoms. The molecule has 0 saturated heterocycles. The van der Waals surface area contributed by atoms with Crippen LogP contribution in [0.25, 0.3) is 0 Å². The molecule has 0 spiro atoms. The lowest BCUT2D eigenvalue weighted by Crippen LogP contribution is -2.38. The third-order valence-corrected chi connectivity index (χ3v) is 3.59. The average Bonchev–Trinajstić information content (AvgIpc) is 2.52. The Morgan fingerprint density at radius 2 is 1.95 bits per heavy atom. The summed E-state index contributed by atoms with van der Waals surface area (Å²) >= 11 is 6.06. The monoisotopic (exact) mass is 303 g/mol. The molecular weight excluding hydrogens is 286 g/mol. The number of aromatic nitrogens is 1.